The van der Waals surface area contributed by atoms with E-state index in [1.165, 1.54) is 6.07 Å². The van der Waals surface area contributed by atoms with Crippen molar-refractivity contribution in [1.82, 2.24) is 30.4 Å². The van der Waals surface area contributed by atoms with Crippen LogP contribution in [0.5, 0.6) is 5.75 Å². The fourth-order valence-electron chi connectivity index (χ4n) is 7.21. The average molecular weight is 574 g/mol. The molecule has 4 aliphatic heterocycles. The highest BCUT2D eigenvalue weighted by atomic mass is 35.5. The summed E-state index contributed by atoms with van der Waals surface area (Å²) in [6, 6.07) is 8.78. The number of fused-ring (bicyclic) bond motifs is 5. The number of aromatic nitrogens is 4. The van der Waals surface area contributed by atoms with Gasteiger partial charge in [0, 0.05) is 54.1 Å². The summed E-state index contributed by atoms with van der Waals surface area (Å²) in [7, 11) is 0. The Kier molecular flexibility index (Phi) is 5.62. The molecule has 4 aromatic rings. The zero-order valence-electron chi connectivity index (χ0n) is 22.0. The Labute approximate surface area is 239 Å². The molecular weight excluding hydrogens is 548 g/mol. The second kappa shape index (κ2) is 9.18. The van der Waals surface area contributed by atoms with Crippen molar-refractivity contribution in [2.75, 3.05) is 31.1 Å². The van der Waals surface area contributed by atoms with E-state index in [2.05, 4.69) is 42.1 Å². The number of anilines is 1. The Bertz CT molecular complexity index is 1810. The van der Waals surface area contributed by atoms with Gasteiger partial charge >= 0.3 is 0 Å². The lowest BCUT2D eigenvalue weighted by Crippen LogP contribution is -2.44. The van der Waals surface area contributed by atoms with Gasteiger partial charge in [0.25, 0.3) is 0 Å². The van der Waals surface area contributed by atoms with Crippen molar-refractivity contribution >= 4 is 39.2 Å². The minimum absolute atomic E-state index is 0.000790. The number of benzene rings is 2. The maximum atomic E-state index is 16.5. The van der Waals surface area contributed by atoms with Crippen LogP contribution in [0.1, 0.15) is 31.5 Å². The normalized spacial score (nSPS) is 27.1. The summed E-state index contributed by atoms with van der Waals surface area (Å²) in [5, 5.41) is 24.2. The summed E-state index contributed by atoms with van der Waals surface area (Å²) in [5.74, 6) is 6.33. The molecule has 2 N–H and O–H groups in total. The summed E-state index contributed by atoms with van der Waals surface area (Å²) in [6.45, 7) is 2.71. The van der Waals surface area contributed by atoms with Gasteiger partial charge in [0.15, 0.2) is 17.2 Å². The Morgan fingerprint density at radius 2 is 2.05 bits per heavy atom. The van der Waals surface area contributed by atoms with E-state index in [0.29, 0.717) is 52.7 Å². The van der Waals surface area contributed by atoms with Crippen LogP contribution in [0.15, 0.2) is 30.3 Å². The number of alkyl halides is 1. The molecule has 6 heterocycles. The number of nitrogens with zero attached hydrogens (tertiary/aromatic N) is 6. The maximum absolute atomic E-state index is 16.5. The molecule has 208 valence electrons. The molecule has 2 bridgehead atoms. The summed E-state index contributed by atoms with van der Waals surface area (Å²) in [5.41, 5.74) is -0.0396. The lowest BCUT2D eigenvalue weighted by molar-refractivity contribution is 0.255. The highest BCUT2D eigenvalue weighted by molar-refractivity contribution is 6.36. The maximum Gasteiger partial charge on any atom is 0.207 e. The number of hydrogen-bond acceptors (Lipinski definition) is 8. The van der Waals surface area contributed by atoms with E-state index in [1.54, 1.807) is 24.3 Å². The third-order valence-corrected chi connectivity index (χ3v) is 9.35. The Morgan fingerprint density at radius 1 is 1.15 bits per heavy atom. The van der Waals surface area contributed by atoms with Gasteiger partial charge in [-0.2, -0.15) is 0 Å². The summed E-state index contributed by atoms with van der Waals surface area (Å²) in [4.78, 5) is 13.6. The number of aromatic hydroxyl groups is 1. The van der Waals surface area contributed by atoms with Crippen LogP contribution >= 0.6 is 11.6 Å². The minimum atomic E-state index is -0.912. The van der Waals surface area contributed by atoms with Gasteiger partial charge in [-0.05, 0) is 55.3 Å². The van der Waals surface area contributed by atoms with Crippen LogP contribution in [0.2, 0.25) is 5.02 Å². The van der Waals surface area contributed by atoms with Gasteiger partial charge in [-0.1, -0.05) is 29.7 Å². The highest BCUT2D eigenvalue weighted by Gasteiger charge is 2.48. The van der Waals surface area contributed by atoms with Crippen LogP contribution in [0.25, 0.3) is 33.1 Å². The first-order valence-electron chi connectivity index (χ1n) is 14.0. The van der Waals surface area contributed by atoms with Gasteiger partial charge in [-0.25, -0.2) is 18.7 Å². The van der Waals surface area contributed by atoms with E-state index in [4.69, 9.17) is 16.6 Å². The lowest BCUT2D eigenvalue weighted by Gasteiger charge is -2.29. The third kappa shape index (κ3) is 3.94. The summed E-state index contributed by atoms with van der Waals surface area (Å²) in [6.07, 6.45) is 2.16. The van der Waals surface area contributed by atoms with Gasteiger partial charge in [-0.15, -0.1) is 10.2 Å². The molecule has 4 aliphatic rings. The molecule has 0 unspecified atom stereocenters. The molecule has 2 aromatic carbocycles. The zero-order chi connectivity index (χ0) is 27.9. The molecule has 8 nitrogen and oxygen atoms in total. The molecule has 11 heteroatoms. The van der Waals surface area contributed by atoms with Gasteiger partial charge in [0.05, 0.1) is 5.54 Å². The first-order valence-corrected chi connectivity index (χ1v) is 14.3. The van der Waals surface area contributed by atoms with E-state index in [9.17, 15) is 9.50 Å². The first-order chi connectivity index (χ1) is 19.9. The van der Waals surface area contributed by atoms with Crippen molar-refractivity contribution in [2.45, 2.75) is 49.5 Å². The number of nitrogens with one attached hydrogen (secondary N) is 1. The van der Waals surface area contributed by atoms with Crippen LogP contribution in [-0.2, 0) is 0 Å². The van der Waals surface area contributed by atoms with E-state index in [0.717, 1.165) is 32.4 Å². The van der Waals surface area contributed by atoms with Crippen molar-refractivity contribution < 1.29 is 13.9 Å². The Balaban J connectivity index is 1.32. The van der Waals surface area contributed by atoms with E-state index in [-0.39, 0.29) is 34.3 Å². The molecule has 0 spiro atoms. The van der Waals surface area contributed by atoms with Crippen molar-refractivity contribution in [3.8, 4) is 28.8 Å². The Hall–Kier alpha value is -3.65. The number of piperazine rings is 1. The first kappa shape index (κ1) is 25.1. The van der Waals surface area contributed by atoms with Gasteiger partial charge in [-0.3, -0.25) is 4.90 Å². The summed E-state index contributed by atoms with van der Waals surface area (Å²) >= 11 is 6.53. The predicted molar refractivity (Wildman–Crippen MR) is 152 cm³/mol. The topological polar surface area (TPSA) is 90.3 Å². The molecule has 8 rings (SSSR count). The largest absolute Gasteiger partial charge is 0.508 e. The monoisotopic (exact) mass is 573 g/mol. The van der Waals surface area contributed by atoms with Crippen LogP contribution in [0.4, 0.5) is 14.6 Å². The summed E-state index contributed by atoms with van der Waals surface area (Å²) < 4.78 is 30.9. The lowest BCUT2D eigenvalue weighted by atomic mass is 9.94. The second-order valence-corrected chi connectivity index (χ2v) is 11.9. The number of rotatable bonds is 2. The van der Waals surface area contributed by atoms with E-state index in [1.807, 2.05) is 0 Å². The molecule has 41 heavy (non-hydrogen) atoms. The van der Waals surface area contributed by atoms with E-state index < -0.39 is 17.5 Å². The fraction of sp³-hybridized carbons (Fsp3) is 0.400. The van der Waals surface area contributed by atoms with Crippen LogP contribution in [0, 0.1) is 17.7 Å². The Morgan fingerprint density at radius 3 is 2.88 bits per heavy atom. The molecule has 4 fully saturated rings. The molecule has 4 saturated heterocycles. The van der Waals surface area contributed by atoms with Gasteiger partial charge in [0.1, 0.15) is 23.1 Å². The molecular formula is C30H26ClF2N7O. The zero-order valence-corrected chi connectivity index (χ0v) is 22.8. The predicted octanol–water partition coefficient (Wildman–Crippen LogP) is 4.22. The minimum Gasteiger partial charge on any atom is -0.508 e. The molecule has 0 amide bonds. The van der Waals surface area contributed by atoms with Crippen molar-refractivity contribution in [3.05, 3.63) is 47.0 Å². The smallest absolute Gasteiger partial charge is 0.207 e. The molecule has 0 aliphatic carbocycles. The van der Waals surface area contributed by atoms with Crippen LogP contribution < -0.4 is 10.2 Å². The van der Waals surface area contributed by atoms with Crippen LogP contribution in [0.3, 0.4) is 0 Å². The molecule has 2 aromatic heterocycles. The highest BCUT2D eigenvalue weighted by Crippen LogP contribution is 2.41. The second-order valence-electron chi connectivity index (χ2n) is 11.5. The van der Waals surface area contributed by atoms with Gasteiger partial charge < -0.3 is 15.3 Å². The van der Waals surface area contributed by atoms with Crippen molar-refractivity contribution in [1.29, 1.82) is 0 Å². The standard InChI is InChI=1S/C30H26ClF2N7O/c31-22-4-1-3-16-9-20(41)11-21(24(16)22)26-25(33)27-28(38-37-26)29(40-15-18-10-19(40)13-34-18)36-23(35-27)5-7-30-6-2-8-39(30)14-17(32)12-30/h1,3-4,9,11,17-19,34,41H,2,6,8,10,12-15H2/t17-,18+,19+,30-/m1/s1. The number of phenols is 1. The number of phenolic OH excluding ortho intramolecular Hbond substituents is 1. The van der Waals surface area contributed by atoms with E-state index >= 15 is 4.39 Å². The fourth-order valence-corrected chi connectivity index (χ4v) is 7.50. The van der Waals surface area contributed by atoms with Gasteiger partial charge in [0.2, 0.25) is 5.82 Å². The number of hydrogen-bond donors (Lipinski definition) is 2. The SMILES string of the molecule is Oc1cc(-c2nnc3c(N4C[C@@H]5C[C@H]4CN5)nc(C#C[C@@]45CCCN4C[C@H](F)C5)nc3c2F)c2c(Cl)cccc2c1. The van der Waals surface area contributed by atoms with Crippen molar-refractivity contribution in [2.24, 2.45) is 0 Å². The molecule has 0 saturated carbocycles. The average Bonchev–Trinajstić information content (AvgIpc) is 3.73. The quantitative estimate of drug-likeness (QED) is 0.345. The number of halogens is 3. The third-order valence-electron chi connectivity index (χ3n) is 9.03. The van der Waals surface area contributed by atoms with Crippen LogP contribution in [-0.4, -0.2) is 80.1 Å². The molecule has 0 radical (unpaired) electrons. The van der Waals surface area contributed by atoms with Crippen molar-refractivity contribution in [3.63, 3.8) is 0 Å². The molecule has 4 atom stereocenters.